The summed E-state index contributed by atoms with van der Waals surface area (Å²) >= 11 is 1.48. The van der Waals surface area contributed by atoms with Crippen molar-refractivity contribution in [3.05, 3.63) is 29.3 Å². The smallest absolute Gasteiger partial charge is 0.203 e. The van der Waals surface area contributed by atoms with Crippen LogP contribution in [-0.2, 0) is 6.42 Å². The van der Waals surface area contributed by atoms with Crippen molar-refractivity contribution in [2.24, 2.45) is 0 Å². The molecule has 0 bridgehead atoms. The maximum atomic E-state index is 5.61. The predicted molar refractivity (Wildman–Crippen MR) is 89.7 cm³/mol. The summed E-state index contributed by atoms with van der Waals surface area (Å²) < 4.78 is 5.30. The zero-order chi connectivity index (χ0) is 15.4. The molecule has 7 heteroatoms. The second kappa shape index (κ2) is 6.93. The van der Waals surface area contributed by atoms with Gasteiger partial charge in [0.25, 0.3) is 0 Å². The highest BCUT2D eigenvalue weighted by atomic mass is 32.1. The van der Waals surface area contributed by atoms with Crippen LogP contribution in [0.4, 0.5) is 10.8 Å². The number of anilines is 2. The third-order valence-corrected chi connectivity index (χ3v) is 4.73. The average molecular weight is 319 g/mol. The van der Waals surface area contributed by atoms with Gasteiger partial charge in [0, 0.05) is 50.9 Å². The number of piperazine rings is 1. The van der Waals surface area contributed by atoms with Crippen LogP contribution in [0.25, 0.3) is 0 Å². The van der Waals surface area contributed by atoms with E-state index in [1.807, 2.05) is 12.1 Å². The summed E-state index contributed by atoms with van der Waals surface area (Å²) in [7, 11) is 1.71. The van der Waals surface area contributed by atoms with Crippen molar-refractivity contribution >= 4 is 22.2 Å². The SMILES string of the molecule is COc1cccc(N2CCN(CCc3nnc(N)s3)CC2)c1. The van der Waals surface area contributed by atoms with E-state index in [-0.39, 0.29) is 0 Å². The zero-order valence-electron chi connectivity index (χ0n) is 12.7. The van der Waals surface area contributed by atoms with Crippen LogP contribution in [-0.4, -0.2) is 54.9 Å². The maximum absolute atomic E-state index is 5.61. The van der Waals surface area contributed by atoms with Gasteiger partial charge < -0.3 is 15.4 Å². The predicted octanol–water partition coefficient (Wildman–Crippen LogP) is 1.49. The summed E-state index contributed by atoms with van der Waals surface area (Å²) in [5.41, 5.74) is 6.84. The molecule has 0 atom stereocenters. The van der Waals surface area contributed by atoms with E-state index in [2.05, 4.69) is 32.1 Å². The van der Waals surface area contributed by atoms with Crippen LogP contribution in [0.15, 0.2) is 24.3 Å². The molecule has 1 aromatic heterocycles. The Labute approximate surface area is 134 Å². The van der Waals surface area contributed by atoms with Crippen LogP contribution >= 0.6 is 11.3 Å². The average Bonchev–Trinajstić information content (AvgIpc) is 2.99. The molecule has 1 fully saturated rings. The highest BCUT2D eigenvalue weighted by Crippen LogP contribution is 2.22. The Morgan fingerprint density at radius 1 is 1.23 bits per heavy atom. The molecule has 22 heavy (non-hydrogen) atoms. The fourth-order valence-corrected chi connectivity index (χ4v) is 3.26. The van der Waals surface area contributed by atoms with E-state index >= 15 is 0 Å². The summed E-state index contributed by atoms with van der Waals surface area (Å²) in [5.74, 6) is 0.911. The number of nitrogens with two attached hydrogens (primary N) is 1. The quantitative estimate of drug-likeness (QED) is 0.901. The molecule has 0 unspecified atom stereocenters. The Bertz CT molecular complexity index is 609. The van der Waals surface area contributed by atoms with Crippen molar-refractivity contribution in [2.75, 3.05) is 50.5 Å². The molecule has 1 saturated heterocycles. The van der Waals surface area contributed by atoms with Crippen LogP contribution in [0, 0.1) is 0 Å². The van der Waals surface area contributed by atoms with Crippen LogP contribution in [0.5, 0.6) is 5.75 Å². The van der Waals surface area contributed by atoms with Gasteiger partial charge in [0.2, 0.25) is 5.13 Å². The minimum absolute atomic E-state index is 0.554. The van der Waals surface area contributed by atoms with Crippen molar-refractivity contribution in [2.45, 2.75) is 6.42 Å². The summed E-state index contributed by atoms with van der Waals surface area (Å²) in [6, 6.07) is 8.26. The lowest BCUT2D eigenvalue weighted by Crippen LogP contribution is -2.47. The second-order valence-electron chi connectivity index (χ2n) is 5.31. The molecule has 1 aliphatic heterocycles. The van der Waals surface area contributed by atoms with Gasteiger partial charge in [-0.2, -0.15) is 0 Å². The number of nitrogens with zero attached hydrogens (tertiary/aromatic N) is 4. The third kappa shape index (κ3) is 3.66. The molecule has 0 spiro atoms. The first-order valence-electron chi connectivity index (χ1n) is 7.44. The standard InChI is InChI=1S/C15H21N5OS/c1-21-13-4-2-3-12(11-13)20-9-7-19(8-10-20)6-5-14-17-18-15(16)22-14/h2-4,11H,5-10H2,1H3,(H2,16,18). The number of hydrogen-bond donors (Lipinski definition) is 1. The minimum Gasteiger partial charge on any atom is -0.497 e. The van der Waals surface area contributed by atoms with E-state index in [4.69, 9.17) is 10.5 Å². The molecule has 2 aromatic rings. The lowest BCUT2D eigenvalue weighted by Gasteiger charge is -2.36. The molecule has 0 saturated carbocycles. The summed E-state index contributed by atoms with van der Waals surface area (Å²) in [6.07, 6.45) is 0.925. The largest absolute Gasteiger partial charge is 0.497 e. The highest BCUT2D eigenvalue weighted by molar-refractivity contribution is 7.15. The Morgan fingerprint density at radius 3 is 2.73 bits per heavy atom. The monoisotopic (exact) mass is 319 g/mol. The molecular formula is C15H21N5OS. The number of ether oxygens (including phenoxy) is 1. The Morgan fingerprint density at radius 2 is 2.05 bits per heavy atom. The first-order chi connectivity index (χ1) is 10.7. The van der Waals surface area contributed by atoms with Gasteiger partial charge in [-0.3, -0.25) is 4.90 Å². The Kier molecular flexibility index (Phi) is 4.74. The number of aromatic nitrogens is 2. The molecule has 2 N–H and O–H groups in total. The van der Waals surface area contributed by atoms with Crippen molar-refractivity contribution in [1.29, 1.82) is 0 Å². The molecular weight excluding hydrogens is 298 g/mol. The molecule has 0 amide bonds. The van der Waals surface area contributed by atoms with E-state index in [0.717, 1.165) is 49.9 Å². The molecule has 118 valence electrons. The number of nitrogen functional groups attached to an aromatic ring is 1. The minimum atomic E-state index is 0.554. The highest BCUT2D eigenvalue weighted by Gasteiger charge is 2.17. The molecule has 2 heterocycles. The van der Waals surface area contributed by atoms with E-state index < -0.39 is 0 Å². The van der Waals surface area contributed by atoms with Crippen LogP contribution < -0.4 is 15.4 Å². The fraction of sp³-hybridized carbons (Fsp3) is 0.467. The lowest BCUT2D eigenvalue weighted by molar-refractivity contribution is 0.260. The lowest BCUT2D eigenvalue weighted by atomic mass is 10.2. The van der Waals surface area contributed by atoms with Crippen molar-refractivity contribution in [3.63, 3.8) is 0 Å². The van der Waals surface area contributed by atoms with E-state index in [1.165, 1.54) is 17.0 Å². The normalized spacial score (nSPS) is 16.0. The van der Waals surface area contributed by atoms with E-state index in [9.17, 15) is 0 Å². The van der Waals surface area contributed by atoms with Gasteiger partial charge >= 0.3 is 0 Å². The topological polar surface area (TPSA) is 67.5 Å². The summed E-state index contributed by atoms with van der Waals surface area (Å²) in [5, 5.41) is 9.51. The number of benzene rings is 1. The van der Waals surface area contributed by atoms with Crippen LogP contribution in [0.2, 0.25) is 0 Å². The number of hydrogen-bond acceptors (Lipinski definition) is 7. The van der Waals surface area contributed by atoms with E-state index in [0.29, 0.717) is 5.13 Å². The maximum Gasteiger partial charge on any atom is 0.203 e. The Balaban J connectivity index is 1.49. The zero-order valence-corrected chi connectivity index (χ0v) is 13.6. The Hall–Kier alpha value is -1.86. The summed E-state index contributed by atoms with van der Waals surface area (Å²) in [6.45, 7) is 5.20. The van der Waals surface area contributed by atoms with Crippen LogP contribution in [0.1, 0.15) is 5.01 Å². The molecule has 1 aromatic carbocycles. The van der Waals surface area contributed by atoms with Gasteiger partial charge in [0.05, 0.1) is 7.11 Å². The van der Waals surface area contributed by atoms with Gasteiger partial charge in [-0.15, -0.1) is 10.2 Å². The first kappa shape index (κ1) is 15.1. The van der Waals surface area contributed by atoms with Gasteiger partial charge in [0.1, 0.15) is 10.8 Å². The van der Waals surface area contributed by atoms with Gasteiger partial charge in [-0.25, -0.2) is 0 Å². The molecule has 3 rings (SSSR count). The fourth-order valence-electron chi connectivity index (χ4n) is 2.66. The number of methoxy groups -OCH3 is 1. The van der Waals surface area contributed by atoms with Gasteiger partial charge in [0.15, 0.2) is 0 Å². The van der Waals surface area contributed by atoms with E-state index in [1.54, 1.807) is 7.11 Å². The van der Waals surface area contributed by atoms with Crippen molar-refractivity contribution < 1.29 is 4.74 Å². The van der Waals surface area contributed by atoms with Gasteiger partial charge in [-0.1, -0.05) is 17.4 Å². The molecule has 1 aliphatic rings. The van der Waals surface area contributed by atoms with Gasteiger partial charge in [-0.05, 0) is 12.1 Å². The van der Waals surface area contributed by atoms with Crippen LogP contribution in [0.3, 0.4) is 0 Å². The van der Waals surface area contributed by atoms with Crippen molar-refractivity contribution in [1.82, 2.24) is 15.1 Å². The first-order valence-corrected chi connectivity index (χ1v) is 8.25. The molecule has 0 radical (unpaired) electrons. The molecule has 0 aliphatic carbocycles. The number of rotatable bonds is 5. The third-order valence-electron chi connectivity index (χ3n) is 3.92. The molecule has 6 nitrogen and oxygen atoms in total. The summed E-state index contributed by atoms with van der Waals surface area (Å²) in [4.78, 5) is 4.87. The van der Waals surface area contributed by atoms with Crippen molar-refractivity contribution in [3.8, 4) is 5.75 Å². The second-order valence-corrected chi connectivity index (χ2v) is 6.41.